The highest BCUT2D eigenvalue weighted by Gasteiger charge is 2.08. The Balaban J connectivity index is 2.27. The Bertz CT molecular complexity index is 425. The first-order valence-corrected chi connectivity index (χ1v) is 6.11. The maximum Gasteiger partial charge on any atom is 0.411 e. The van der Waals surface area contributed by atoms with Crippen LogP contribution in [0, 0.1) is 11.6 Å². The molecule has 6 heteroatoms. The van der Waals surface area contributed by atoms with Gasteiger partial charge >= 0.3 is 6.09 Å². The van der Waals surface area contributed by atoms with Crippen LogP contribution in [0.3, 0.4) is 0 Å². The summed E-state index contributed by atoms with van der Waals surface area (Å²) in [7, 11) is 0. The highest BCUT2D eigenvalue weighted by molar-refractivity contribution is 5.84. The molecule has 0 aromatic heterocycles. The third kappa shape index (κ3) is 6.15. The molecule has 19 heavy (non-hydrogen) atoms. The SMILES string of the molecule is CC(C)NCCCOC(=O)Nc1ccc(F)cc1F. The van der Waals surface area contributed by atoms with Crippen molar-refractivity contribution in [3.05, 3.63) is 29.8 Å². The van der Waals surface area contributed by atoms with Crippen LogP contribution in [0.4, 0.5) is 19.3 Å². The lowest BCUT2D eigenvalue weighted by Crippen LogP contribution is -2.25. The van der Waals surface area contributed by atoms with Crippen molar-refractivity contribution in [2.45, 2.75) is 26.3 Å². The highest BCUT2D eigenvalue weighted by Crippen LogP contribution is 2.14. The van der Waals surface area contributed by atoms with Crippen molar-refractivity contribution in [2.24, 2.45) is 0 Å². The Kier molecular flexibility index (Phi) is 6.21. The lowest BCUT2D eigenvalue weighted by atomic mass is 10.3. The normalized spacial score (nSPS) is 10.6. The van der Waals surface area contributed by atoms with Crippen molar-refractivity contribution in [1.82, 2.24) is 5.32 Å². The smallest absolute Gasteiger partial charge is 0.411 e. The molecular formula is C13H18F2N2O2. The summed E-state index contributed by atoms with van der Waals surface area (Å²) < 4.78 is 30.7. The molecule has 0 radical (unpaired) electrons. The minimum atomic E-state index is -0.835. The van der Waals surface area contributed by atoms with Gasteiger partial charge < -0.3 is 10.1 Å². The summed E-state index contributed by atoms with van der Waals surface area (Å²) in [5, 5.41) is 5.38. The third-order valence-corrected chi connectivity index (χ3v) is 2.27. The van der Waals surface area contributed by atoms with Crippen molar-refractivity contribution in [3.63, 3.8) is 0 Å². The van der Waals surface area contributed by atoms with E-state index in [-0.39, 0.29) is 12.3 Å². The van der Waals surface area contributed by atoms with E-state index in [9.17, 15) is 13.6 Å². The van der Waals surface area contributed by atoms with Crippen molar-refractivity contribution >= 4 is 11.8 Å². The minimum absolute atomic E-state index is 0.105. The molecule has 0 aliphatic rings. The fraction of sp³-hybridized carbons (Fsp3) is 0.462. The van der Waals surface area contributed by atoms with Gasteiger partial charge in [0.2, 0.25) is 0 Å². The van der Waals surface area contributed by atoms with Gasteiger partial charge in [-0.2, -0.15) is 0 Å². The van der Waals surface area contributed by atoms with Crippen LogP contribution in [0.2, 0.25) is 0 Å². The number of hydrogen-bond acceptors (Lipinski definition) is 3. The zero-order chi connectivity index (χ0) is 14.3. The molecule has 0 fully saturated rings. The van der Waals surface area contributed by atoms with Crippen LogP contribution in [-0.2, 0) is 4.74 Å². The van der Waals surface area contributed by atoms with Crippen LogP contribution in [0.25, 0.3) is 0 Å². The number of rotatable bonds is 6. The second-order valence-electron chi connectivity index (χ2n) is 4.35. The van der Waals surface area contributed by atoms with Gasteiger partial charge in [0.15, 0.2) is 0 Å². The number of carbonyl (C=O) groups excluding carboxylic acids is 1. The largest absolute Gasteiger partial charge is 0.449 e. The number of anilines is 1. The van der Waals surface area contributed by atoms with Gasteiger partial charge in [0, 0.05) is 12.1 Å². The van der Waals surface area contributed by atoms with Crippen molar-refractivity contribution in [1.29, 1.82) is 0 Å². The Labute approximate surface area is 111 Å². The molecular weight excluding hydrogens is 254 g/mol. The van der Waals surface area contributed by atoms with Crippen molar-refractivity contribution in [2.75, 3.05) is 18.5 Å². The Hall–Kier alpha value is -1.69. The van der Waals surface area contributed by atoms with E-state index in [1.807, 2.05) is 13.8 Å². The van der Waals surface area contributed by atoms with Gasteiger partial charge in [-0.15, -0.1) is 0 Å². The lowest BCUT2D eigenvalue weighted by molar-refractivity contribution is 0.159. The first-order valence-electron chi connectivity index (χ1n) is 6.11. The maximum absolute atomic E-state index is 13.2. The zero-order valence-electron chi connectivity index (χ0n) is 11.0. The van der Waals surface area contributed by atoms with Gasteiger partial charge in [0.05, 0.1) is 12.3 Å². The summed E-state index contributed by atoms with van der Waals surface area (Å²) in [6, 6.07) is 3.28. The molecule has 1 aromatic carbocycles. The van der Waals surface area contributed by atoms with Crippen LogP contribution in [0.15, 0.2) is 18.2 Å². The lowest BCUT2D eigenvalue weighted by Gasteiger charge is -2.09. The molecule has 0 saturated heterocycles. The molecule has 0 saturated carbocycles. The van der Waals surface area contributed by atoms with Crippen LogP contribution in [-0.4, -0.2) is 25.3 Å². The fourth-order valence-electron chi connectivity index (χ4n) is 1.36. The minimum Gasteiger partial charge on any atom is -0.449 e. The molecule has 0 aliphatic carbocycles. The molecule has 0 atom stereocenters. The van der Waals surface area contributed by atoms with E-state index in [1.54, 1.807) is 0 Å². The predicted molar refractivity (Wildman–Crippen MR) is 69.1 cm³/mol. The molecule has 0 unspecified atom stereocenters. The first kappa shape index (κ1) is 15.4. The average Bonchev–Trinajstić information content (AvgIpc) is 2.32. The molecule has 1 aromatic rings. The summed E-state index contributed by atoms with van der Waals surface area (Å²) in [6.45, 7) is 5.00. The molecule has 2 N–H and O–H groups in total. The number of ether oxygens (including phenoxy) is 1. The highest BCUT2D eigenvalue weighted by atomic mass is 19.1. The van der Waals surface area contributed by atoms with E-state index in [2.05, 4.69) is 10.6 Å². The molecule has 0 bridgehead atoms. The van der Waals surface area contributed by atoms with E-state index >= 15 is 0 Å². The van der Waals surface area contributed by atoms with Crippen LogP contribution in [0.1, 0.15) is 20.3 Å². The van der Waals surface area contributed by atoms with Gasteiger partial charge in [0.1, 0.15) is 11.6 Å². The standard InChI is InChI=1S/C13H18F2N2O2/c1-9(2)16-6-3-7-19-13(18)17-12-5-4-10(14)8-11(12)15/h4-5,8-9,16H,3,6-7H2,1-2H3,(H,17,18). The van der Waals surface area contributed by atoms with E-state index in [4.69, 9.17) is 4.74 Å². The van der Waals surface area contributed by atoms with E-state index in [0.717, 1.165) is 18.7 Å². The van der Waals surface area contributed by atoms with E-state index < -0.39 is 17.7 Å². The Morgan fingerprint density at radius 3 is 2.74 bits per heavy atom. The summed E-state index contributed by atoms with van der Waals surface area (Å²) in [5.74, 6) is -1.53. The van der Waals surface area contributed by atoms with Gasteiger partial charge in [-0.1, -0.05) is 13.8 Å². The second kappa shape index (κ2) is 7.68. The quantitative estimate of drug-likeness (QED) is 0.783. The van der Waals surface area contributed by atoms with Crippen molar-refractivity contribution < 1.29 is 18.3 Å². The number of carbonyl (C=O) groups is 1. The van der Waals surface area contributed by atoms with E-state index in [1.165, 1.54) is 0 Å². The Morgan fingerprint density at radius 2 is 2.11 bits per heavy atom. The summed E-state index contributed by atoms with van der Waals surface area (Å²) >= 11 is 0. The Morgan fingerprint density at radius 1 is 1.37 bits per heavy atom. The maximum atomic E-state index is 13.2. The zero-order valence-corrected chi connectivity index (χ0v) is 11.0. The number of hydrogen-bond donors (Lipinski definition) is 2. The predicted octanol–water partition coefficient (Wildman–Crippen LogP) is 2.90. The van der Waals surface area contributed by atoms with Crippen molar-refractivity contribution in [3.8, 4) is 0 Å². The van der Waals surface area contributed by atoms with Gasteiger partial charge in [-0.25, -0.2) is 13.6 Å². The molecule has 1 rings (SSSR count). The monoisotopic (exact) mass is 272 g/mol. The topological polar surface area (TPSA) is 50.4 Å². The molecule has 0 spiro atoms. The molecule has 0 heterocycles. The molecule has 1 amide bonds. The number of benzene rings is 1. The van der Waals surface area contributed by atoms with Crippen LogP contribution >= 0.6 is 0 Å². The first-order chi connectivity index (χ1) is 8.99. The average molecular weight is 272 g/mol. The summed E-state index contributed by atoms with van der Waals surface area (Å²) in [4.78, 5) is 11.3. The molecule has 106 valence electrons. The molecule has 0 aliphatic heterocycles. The third-order valence-electron chi connectivity index (χ3n) is 2.27. The van der Waals surface area contributed by atoms with Crippen LogP contribution < -0.4 is 10.6 Å². The number of amides is 1. The van der Waals surface area contributed by atoms with Gasteiger partial charge in [-0.05, 0) is 25.1 Å². The van der Waals surface area contributed by atoms with Gasteiger partial charge in [0.25, 0.3) is 0 Å². The second-order valence-corrected chi connectivity index (χ2v) is 4.35. The van der Waals surface area contributed by atoms with Gasteiger partial charge in [-0.3, -0.25) is 5.32 Å². The molecule has 4 nitrogen and oxygen atoms in total. The fourth-order valence-corrected chi connectivity index (χ4v) is 1.36. The van der Waals surface area contributed by atoms with Crippen LogP contribution in [0.5, 0.6) is 0 Å². The number of halogens is 2. The summed E-state index contributed by atoms with van der Waals surface area (Å²) in [6.07, 6.45) is -0.0904. The summed E-state index contributed by atoms with van der Waals surface area (Å²) in [5.41, 5.74) is -0.105. The number of nitrogens with one attached hydrogen (secondary N) is 2. The van der Waals surface area contributed by atoms with E-state index in [0.29, 0.717) is 18.5 Å².